The molecule has 2 heterocycles. The Morgan fingerprint density at radius 2 is 1.85 bits per heavy atom. The number of thioether (sulfide) groups is 1. The standard InChI is InChI=1S/C24H25N5OS3/c1-14-6-9-21(17(4)10-14)29(18(5)30)23-26-20(12-31-23)13-32-24-28-27-22(33-24)25-19-8-7-15(2)16(3)11-19/h6-12H,13H2,1-5H3,(H,25,27). The summed E-state index contributed by atoms with van der Waals surface area (Å²) in [5.74, 6) is 0.606. The number of rotatable bonds is 7. The Bertz CT molecular complexity index is 1300. The van der Waals surface area contributed by atoms with Gasteiger partial charge in [0.25, 0.3) is 0 Å². The first kappa shape index (κ1) is 23.4. The molecule has 1 amide bonds. The summed E-state index contributed by atoms with van der Waals surface area (Å²) in [5.41, 5.74) is 7.50. The third-order valence-electron chi connectivity index (χ3n) is 5.15. The van der Waals surface area contributed by atoms with Crippen molar-refractivity contribution in [1.82, 2.24) is 15.2 Å². The van der Waals surface area contributed by atoms with Crippen molar-refractivity contribution < 1.29 is 4.79 Å². The molecular formula is C24H25N5OS3. The van der Waals surface area contributed by atoms with Gasteiger partial charge in [-0.25, -0.2) is 4.98 Å². The summed E-state index contributed by atoms with van der Waals surface area (Å²) in [7, 11) is 0. The fraction of sp³-hybridized carbons (Fsp3) is 0.250. The number of amides is 1. The smallest absolute Gasteiger partial charge is 0.230 e. The van der Waals surface area contributed by atoms with Gasteiger partial charge in [-0.15, -0.1) is 21.5 Å². The van der Waals surface area contributed by atoms with Crippen LogP contribution in [0.5, 0.6) is 0 Å². The van der Waals surface area contributed by atoms with Gasteiger partial charge in [-0.05, 0) is 62.6 Å². The normalized spacial score (nSPS) is 10.9. The van der Waals surface area contributed by atoms with E-state index in [4.69, 9.17) is 4.98 Å². The van der Waals surface area contributed by atoms with Crippen molar-refractivity contribution in [2.45, 2.75) is 44.7 Å². The monoisotopic (exact) mass is 495 g/mol. The molecule has 4 rings (SSSR count). The summed E-state index contributed by atoms with van der Waals surface area (Å²) in [4.78, 5) is 18.8. The summed E-state index contributed by atoms with van der Waals surface area (Å²) in [6.45, 7) is 9.82. The molecule has 2 aromatic heterocycles. The number of aromatic nitrogens is 3. The molecule has 0 bridgehead atoms. The van der Waals surface area contributed by atoms with Crippen LogP contribution < -0.4 is 10.2 Å². The zero-order chi connectivity index (χ0) is 23.5. The van der Waals surface area contributed by atoms with Gasteiger partial charge in [-0.2, -0.15) is 0 Å². The predicted molar refractivity (Wildman–Crippen MR) is 140 cm³/mol. The first-order valence-electron chi connectivity index (χ1n) is 10.4. The van der Waals surface area contributed by atoms with Crippen LogP contribution >= 0.6 is 34.4 Å². The number of anilines is 4. The van der Waals surface area contributed by atoms with Crippen LogP contribution in [0.15, 0.2) is 46.1 Å². The first-order valence-corrected chi connectivity index (χ1v) is 13.1. The largest absolute Gasteiger partial charge is 0.330 e. The van der Waals surface area contributed by atoms with Gasteiger partial charge in [-0.3, -0.25) is 9.69 Å². The minimum absolute atomic E-state index is 0.0540. The van der Waals surface area contributed by atoms with E-state index in [-0.39, 0.29) is 5.91 Å². The van der Waals surface area contributed by atoms with Gasteiger partial charge >= 0.3 is 0 Å². The zero-order valence-electron chi connectivity index (χ0n) is 19.2. The van der Waals surface area contributed by atoms with Crippen LogP contribution in [0.25, 0.3) is 0 Å². The van der Waals surface area contributed by atoms with Crippen molar-refractivity contribution in [2.24, 2.45) is 0 Å². The number of aryl methyl sites for hydroxylation is 4. The average molecular weight is 496 g/mol. The molecule has 1 N–H and O–H groups in total. The van der Waals surface area contributed by atoms with Gasteiger partial charge in [0.2, 0.25) is 11.0 Å². The molecule has 0 unspecified atom stereocenters. The highest BCUT2D eigenvalue weighted by atomic mass is 32.2. The van der Waals surface area contributed by atoms with Gasteiger partial charge in [0.1, 0.15) is 0 Å². The molecule has 170 valence electrons. The molecule has 0 aliphatic rings. The van der Waals surface area contributed by atoms with E-state index in [9.17, 15) is 4.79 Å². The van der Waals surface area contributed by atoms with E-state index in [1.165, 1.54) is 39.4 Å². The van der Waals surface area contributed by atoms with E-state index in [0.717, 1.165) is 32.1 Å². The zero-order valence-corrected chi connectivity index (χ0v) is 21.6. The molecule has 6 nitrogen and oxygen atoms in total. The van der Waals surface area contributed by atoms with Crippen LogP contribution in [0.4, 0.5) is 21.6 Å². The third kappa shape index (κ3) is 5.61. The van der Waals surface area contributed by atoms with E-state index < -0.39 is 0 Å². The maximum absolute atomic E-state index is 12.4. The second kappa shape index (κ2) is 10.0. The molecule has 0 aliphatic carbocycles. The van der Waals surface area contributed by atoms with E-state index in [2.05, 4.69) is 47.6 Å². The Hall–Kier alpha value is -2.75. The lowest BCUT2D eigenvalue weighted by atomic mass is 10.1. The van der Waals surface area contributed by atoms with Crippen LogP contribution in [0, 0.1) is 27.7 Å². The summed E-state index contributed by atoms with van der Waals surface area (Å²) in [5, 5.41) is 15.3. The molecule has 0 radical (unpaired) electrons. The number of carbonyl (C=O) groups is 1. The van der Waals surface area contributed by atoms with Crippen LogP contribution in [0.1, 0.15) is 34.9 Å². The van der Waals surface area contributed by atoms with Gasteiger partial charge in [0, 0.05) is 23.7 Å². The maximum Gasteiger partial charge on any atom is 0.230 e. The van der Waals surface area contributed by atoms with Crippen molar-refractivity contribution in [1.29, 1.82) is 0 Å². The molecule has 0 fully saturated rings. The maximum atomic E-state index is 12.4. The highest BCUT2D eigenvalue weighted by Gasteiger charge is 2.20. The number of carbonyl (C=O) groups excluding carboxylic acids is 1. The van der Waals surface area contributed by atoms with Gasteiger partial charge < -0.3 is 5.32 Å². The molecule has 0 atom stereocenters. The number of hydrogen-bond donors (Lipinski definition) is 1. The molecule has 9 heteroatoms. The summed E-state index contributed by atoms with van der Waals surface area (Å²) in [6.07, 6.45) is 0. The first-order chi connectivity index (χ1) is 15.8. The summed E-state index contributed by atoms with van der Waals surface area (Å²) >= 11 is 4.58. The second-order valence-electron chi connectivity index (χ2n) is 7.85. The third-order valence-corrected chi connectivity index (χ3v) is 8.03. The molecule has 0 saturated heterocycles. The minimum Gasteiger partial charge on any atom is -0.330 e. The van der Waals surface area contributed by atoms with Gasteiger partial charge in [-0.1, -0.05) is 46.9 Å². The highest BCUT2D eigenvalue weighted by molar-refractivity contribution is 8.00. The van der Waals surface area contributed by atoms with Crippen molar-refractivity contribution >= 4 is 62.0 Å². The molecule has 2 aromatic carbocycles. The molecule has 4 aromatic rings. The van der Waals surface area contributed by atoms with E-state index in [1.807, 2.05) is 37.4 Å². The number of hydrogen-bond acceptors (Lipinski definition) is 8. The van der Waals surface area contributed by atoms with Gasteiger partial charge in [0.15, 0.2) is 9.47 Å². The lowest BCUT2D eigenvalue weighted by molar-refractivity contribution is -0.115. The second-order valence-corrected chi connectivity index (χ2v) is 10.9. The van der Waals surface area contributed by atoms with E-state index in [1.54, 1.807) is 23.6 Å². The molecule has 0 spiro atoms. The Kier molecular flexibility index (Phi) is 7.11. The molecule has 33 heavy (non-hydrogen) atoms. The Balaban J connectivity index is 1.42. The lowest BCUT2D eigenvalue weighted by Gasteiger charge is -2.20. The van der Waals surface area contributed by atoms with Crippen LogP contribution in [0.3, 0.4) is 0 Å². The number of thiazole rings is 1. The van der Waals surface area contributed by atoms with Gasteiger partial charge in [0.05, 0.1) is 11.4 Å². The van der Waals surface area contributed by atoms with E-state index >= 15 is 0 Å². The van der Waals surface area contributed by atoms with Crippen molar-refractivity contribution in [3.8, 4) is 0 Å². The summed E-state index contributed by atoms with van der Waals surface area (Å²) in [6, 6.07) is 12.3. The van der Waals surface area contributed by atoms with Crippen LogP contribution in [0.2, 0.25) is 0 Å². The Morgan fingerprint density at radius 1 is 1.03 bits per heavy atom. The van der Waals surface area contributed by atoms with Crippen LogP contribution in [-0.2, 0) is 10.5 Å². The Labute approximate surface area is 206 Å². The number of nitrogens with one attached hydrogen (secondary N) is 1. The molecule has 0 aliphatic heterocycles. The van der Waals surface area contributed by atoms with Crippen molar-refractivity contribution in [3.05, 3.63) is 69.7 Å². The van der Waals surface area contributed by atoms with E-state index in [0.29, 0.717) is 10.9 Å². The predicted octanol–water partition coefficient (Wildman–Crippen LogP) is 6.95. The summed E-state index contributed by atoms with van der Waals surface area (Å²) < 4.78 is 0.869. The number of nitrogens with zero attached hydrogens (tertiary/aromatic N) is 4. The highest BCUT2D eigenvalue weighted by Crippen LogP contribution is 2.34. The van der Waals surface area contributed by atoms with Crippen molar-refractivity contribution in [2.75, 3.05) is 10.2 Å². The average Bonchev–Trinajstić information content (AvgIpc) is 3.40. The lowest BCUT2D eigenvalue weighted by Crippen LogP contribution is -2.23. The minimum atomic E-state index is -0.0540. The van der Waals surface area contributed by atoms with Crippen molar-refractivity contribution in [3.63, 3.8) is 0 Å². The van der Waals surface area contributed by atoms with Crippen LogP contribution in [-0.4, -0.2) is 21.1 Å². The fourth-order valence-corrected chi connectivity index (χ4v) is 5.98. The fourth-order valence-electron chi connectivity index (χ4n) is 3.33. The molecular weight excluding hydrogens is 470 g/mol. The topological polar surface area (TPSA) is 71.0 Å². The number of benzene rings is 2. The Morgan fingerprint density at radius 3 is 2.58 bits per heavy atom. The SMILES string of the molecule is CC(=O)N(c1nc(CSc2nnc(Nc3ccc(C)c(C)c3)s2)cs1)c1ccc(C)cc1C. The molecule has 0 saturated carbocycles. The quantitative estimate of drug-likeness (QED) is 0.280.